The number of rotatable bonds is 2. The van der Waals surface area contributed by atoms with Crippen LogP contribution in [-0.4, -0.2) is 15.9 Å². The van der Waals surface area contributed by atoms with Gasteiger partial charge in [0.25, 0.3) is 5.91 Å². The first-order valence-corrected chi connectivity index (χ1v) is 7.15. The quantitative estimate of drug-likeness (QED) is 0.491. The van der Waals surface area contributed by atoms with Gasteiger partial charge >= 0.3 is 0 Å². The third-order valence-corrected chi connectivity index (χ3v) is 3.69. The van der Waals surface area contributed by atoms with E-state index < -0.39 is 0 Å². The number of hydrogen-bond acceptors (Lipinski definition) is 3. The number of halogens is 1. The highest BCUT2D eigenvalue weighted by Gasteiger charge is 2.13. The third-order valence-electron chi connectivity index (χ3n) is 3.25. The topological polar surface area (TPSA) is 83.8 Å². The summed E-state index contributed by atoms with van der Waals surface area (Å²) in [6.45, 7) is 1.84. The monoisotopic (exact) mass is 344 g/mol. The fourth-order valence-electron chi connectivity index (χ4n) is 2.18. The maximum atomic E-state index is 12.4. The molecule has 4 N–H and O–H groups in total. The molecule has 5 nitrogen and oxygen atoms in total. The van der Waals surface area contributed by atoms with Gasteiger partial charge in [-0.15, -0.1) is 0 Å². The van der Waals surface area contributed by atoms with Gasteiger partial charge in [-0.25, -0.2) is 4.98 Å². The molecule has 0 spiro atoms. The van der Waals surface area contributed by atoms with Crippen LogP contribution in [0.5, 0.6) is 0 Å². The van der Waals surface area contributed by atoms with Crippen LogP contribution in [0.25, 0.3) is 10.9 Å². The van der Waals surface area contributed by atoms with E-state index in [1.807, 2.05) is 19.1 Å². The lowest BCUT2D eigenvalue weighted by molar-refractivity contribution is 0.102. The van der Waals surface area contributed by atoms with E-state index in [2.05, 4.69) is 31.2 Å². The Kier molecular flexibility index (Phi) is 3.39. The molecule has 1 amide bonds. The lowest BCUT2D eigenvalue weighted by Crippen LogP contribution is -2.12. The number of carbonyl (C=O) groups excluding carboxylic acids is 1. The molecule has 0 atom stereocenters. The van der Waals surface area contributed by atoms with Gasteiger partial charge in [-0.05, 0) is 53.2 Å². The molecule has 106 valence electrons. The number of pyridine rings is 1. The summed E-state index contributed by atoms with van der Waals surface area (Å²) in [5.41, 5.74) is 9.24. The second kappa shape index (κ2) is 5.21. The van der Waals surface area contributed by atoms with E-state index in [0.29, 0.717) is 16.9 Å². The Morgan fingerprint density at radius 3 is 2.90 bits per heavy atom. The predicted molar refractivity (Wildman–Crippen MR) is 87.3 cm³/mol. The molecule has 1 aromatic carbocycles. The number of nitrogens with two attached hydrogens (primary N) is 1. The van der Waals surface area contributed by atoms with E-state index >= 15 is 0 Å². The Balaban J connectivity index is 1.94. The Bertz CT molecular complexity index is 841. The summed E-state index contributed by atoms with van der Waals surface area (Å²) in [5.74, 6) is -0.182. The number of H-pyrrole nitrogens is 1. The zero-order chi connectivity index (χ0) is 15.0. The molecule has 0 aliphatic rings. The number of aromatic nitrogens is 2. The molecule has 6 heteroatoms. The number of nitrogens with zero attached hydrogens (tertiary/aromatic N) is 1. The van der Waals surface area contributed by atoms with Crippen molar-refractivity contribution < 1.29 is 4.79 Å². The van der Waals surface area contributed by atoms with Crippen molar-refractivity contribution in [3.05, 3.63) is 52.4 Å². The number of benzene rings is 1. The number of fused-ring (bicyclic) bond motifs is 1. The van der Waals surface area contributed by atoms with Crippen molar-refractivity contribution >= 4 is 44.1 Å². The predicted octanol–water partition coefficient (Wildman–Crippen LogP) is 3.47. The van der Waals surface area contributed by atoms with Crippen LogP contribution in [0.15, 0.2) is 41.1 Å². The van der Waals surface area contributed by atoms with Gasteiger partial charge in [0.05, 0.1) is 16.9 Å². The van der Waals surface area contributed by atoms with Gasteiger partial charge < -0.3 is 16.0 Å². The Morgan fingerprint density at radius 1 is 1.33 bits per heavy atom. The summed E-state index contributed by atoms with van der Waals surface area (Å²) < 4.78 is 0.737. The number of anilines is 2. The number of carbonyl (C=O) groups is 1. The van der Waals surface area contributed by atoms with Gasteiger partial charge in [0.2, 0.25) is 0 Å². The van der Waals surface area contributed by atoms with Crippen LogP contribution in [0.3, 0.4) is 0 Å². The minimum absolute atomic E-state index is 0.182. The van der Waals surface area contributed by atoms with Crippen LogP contribution < -0.4 is 11.1 Å². The van der Waals surface area contributed by atoms with E-state index in [1.165, 1.54) is 0 Å². The summed E-state index contributed by atoms with van der Waals surface area (Å²) in [4.78, 5) is 19.7. The summed E-state index contributed by atoms with van der Waals surface area (Å²) in [7, 11) is 0. The zero-order valence-corrected chi connectivity index (χ0v) is 12.9. The van der Waals surface area contributed by atoms with Gasteiger partial charge in [-0.1, -0.05) is 0 Å². The van der Waals surface area contributed by atoms with Crippen LogP contribution >= 0.6 is 15.9 Å². The number of amides is 1. The minimum atomic E-state index is -0.182. The molecule has 0 aliphatic heterocycles. The first kappa shape index (κ1) is 13.6. The van der Waals surface area contributed by atoms with Gasteiger partial charge in [-0.2, -0.15) is 0 Å². The average Bonchev–Trinajstić information content (AvgIpc) is 2.84. The van der Waals surface area contributed by atoms with Crippen LogP contribution in [0.2, 0.25) is 0 Å². The number of aryl methyl sites for hydroxylation is 1. The molecule has 2 aromatic heterocycles. The zero-order valence-electron chi connectivity index (χ0n) is 11.3. The molecule has 2 heterocycles. The van der Waals surface area contributed by atoms with E-state index in [4.69, 9.17) is 5.73 Å². The number of nitrogen functional groups attached to an aromatic ring is 1. The summed E-state index contributed by atoms with van der Waals surface area (Å²) in [6.07, 6.45) is 1.68. The highest BCUT2D eigenvalue weighted by atomic mass is 79.9. The molecule has 21 heavy (non-hydrogen) atoms. The largest absolute Gasteiger partial charge is 0.399 e. The number of aromatic amines is 1. The smallest absolute Gasteiger partial charge is 0.257 e. The molecule has 0 radical (unpaired) electrons. The van der Waals surface area contributed by atoms with Crippen LogP contribution in [0.4, 0.5) is 11.4 Å². The molecule has 0 unspecified atom stereocenters. The van der Waals surface area contributed by atoms with Crippen LogP contribution in [0.1, 0.15) is 16.1 Å². The lowest BCUT2D eigenvalue weighted by atomic mass is 10.1. The Hall–Kier alpha value is -2.34. The van der Waals surface area contributed by atoms with E-state index in [-0.39, 0.29) is 5.91 Å². The summed E-state index contributed by atoms with van der Waals surface area (Å²) in [5, 5.41) is 3.71. The standard InChI is InChI=1S/C15H13BrN4O/c1-8-12(4-5-14(16)19-8)20-15(21)11-7-18-13-6-9(17)2-3-10(11)13/h2-7,18H,17H2,1H3,(H,20,21). The maximum Gasteiger partial charge on any atom is 0.257 e. The Labute approximate surface area is 129 Å². The summed E-state index contributed by atoms with van der Waals surface area (Å²) >= 11 is 3.30. The van der Waals surface area contributed by atoms with Gasteiger partial charge in [0.1, 0.15) is 4.60 Å². The van der Waals surface area contributed by atoms with Crippen molar-refractivity contribution in [2.75, 3.05) is 11.1 Å². The van der Waals surface area contributed by atoms with Crippen molar-refractivity contribution in [1.82, 2.24) is 9.97 Å². The second-order valence-electron chi connectivity index (χ2n) is 4.73. The van der Waals surface area contributed by atoms with E-state index in [9.17, 15) is 4.79 Å². The average molecular weight is 345 g/mol. The van der Waals surface area contributed by atoms with Crippen molar-refractivity contribution in [3.63, 3.8) is 0 Å². The molecule has 0 aliphatic carbocycles. The molecule has 0 bridgehead atoms. The first-order valence-electron chi connectivity index (χ1n) is 6.36. The Morgan fingerprint density at radius 2 is 2.14 bits per heavy atom. The van der Waals surface area contributed by atoms with Crippen molar-refractivity contribution in [3.8, 4) is 0 Å². The maximum absolute atomic E-state index is 12.4. The molecule has 0 saturated heterocycles. The van der Waals surface area contributed by atoms with Gasteiger partial charge in [0.15, 0.2) is 0 Å². The fraction of sp³-hybridized carbons (Fsp3) is 0.0667. The van der Waals surface area contributed by atoms with Crippen molar-refractivity contribution in [1.29, 1.82) is 0 Å². The SMILES string of the molecule is Cc1nc(Br)ccc1NC(=O)c1c[nH]c2cc(N)ccc12. The van der Waals surface area contributed by atoms with Gasteiger partial charge in [-0.3, -0.25) is 4.79 Å². The first-order chi connectivity index (χ1) is 10.0. The minimum Gasteiger partial charge on any atom is -0.399 e. The lowest BCUT2D eigenvalue weighted by Gasteiger charge is -2.07. The molecular weight excluding hydrogens is 332 g/mol. The molecular formula is C15H13BrN4O. The van der Waals surface area contributed by atoms with Crippen LogP contribution in [0, 0.1) is 6.92 Å². The summed E-state index contributed by atoms with van der Waals surface area (Å²) in [6, 6.07) is 9.02. The number of hydrogen-bond donors (Lipinski definition) is 3. The molecule has 3 rings (SSSR count). The second-order valence-corrected chi connectivity index (χ2v) is 5.54. The van der Waals surface area contributed by atoms with E-state index in [0.717, 1.165) is 21.2 Å². The molecule has 0 fully saturated rings. The number of nitrogens with one attached hydrogen (secondary N) is 2. The molecule has 0 saturated carbocycles. The van der Waals surface area contributed by atoms with Crippen LogP contribution in [-0.2, 0) is 0 Å². The highest BCUT2D eigenvalue weighted by molar-refractivity contribution is 9.10. The van der Waals surface area contributed by atoms with Gasteiger partial charge in [0, 0.05) is 22.8 Å². The van der Waals surface area contributed by atoms with E-state index in [1.54, 1.807) is 24.4 Å². The van der Waals surface area contributed by atoms with Crippen molar-refractivity contribution in [2.24, 2.45) is 0 Å². The van der Waals surface area contributed by atoms with Crippen molar-refractivity contribution in [2.45, 2.75) is 6.92 Å². The normalized spacial score (nSPS) is 10.8. The fourth-order valence-corrected chi connectivity index (χ4v) is 2.58. The third kappa shape index (κ3) is 2.62. The highest BCUT2D eigenvalue weighted by Crippen LogP contribution is 2.23. The molecule has 3 aromatic rings.